The molecule has 110 valence electrons. The number of nitrogens with zero attached hydrogens (tertiary/aromatic N) is 2. The standard InChI is InChI=1S/C13H13N3O4S/c1-9-13(18)15-12(17)7-16(9)21(19,20)8-11-4-2-3-10(5-11)6-14/h2-5,9H,7-8H2,1H3,(H,15,17,18). The lowest BCUT2D eigenvalue weighted by Crippen LogP contribution is -2.58. The summed E-state index contributed by atoms with van der Waals surface area (Å²) in [4.78, 5) is 22.9. The average molecular weight is 307 g/mol. The molecule has 1 saturated heterocycles. The van der Waals surface area contributed by atoms with E-state index in [0.29, 0.717) is 11.1 Å². The van der Waals surface area contributed by atoms with Crippen LogP contribution in [0, 0.1) is 11.3 Å². The van der Waals surface area contributed by atoms with Crippen molar-refractivity contribution in [1.82, 2.24) is 9.62 Å². The number of benzene rings is 1. The average Bonchev–Trinajstić information content (AvgIpc) is 2.42. The van der Waals surface area contributed by atoms with Crippen molar-refractivity contribution in [3.05, 3.63) is 35.4 Å². The zero-order valence-corrected chi connectivity index (χ0v) is 12.1. The number of rotatable bonds is 3. The Morgan fingerprint density at radius 3 is 2.81 bits per heavy atom. The first-order valence-electron chi connectivity index (χ1n) is 6.16. The highest BCUT2D eigenvalue weighted by atomic mass is 32.2. The summed E-state index contributed by atoms with van der Waals surface area (Å²) in [6, 6.07) is 7.19. The van der Waals surface area contributed by atoms with Crippen LogP contribution in [0.15, 0.2) is 24.3 Å². The predicted molar refractivity (Wildman–Crippen MR) is 73.1 cm³/mol. The molecule has 0 radical (unpaired) electrons. The minimum Gasteiger partial charge on any atom is -0.294 e. The van der Waals surface area contributed by atoms with E-state index in [9.17, 15) is 18.0 Å². The molecule has 2 amide bonds. The molecule has 0 aliphatic carbocycles. The molecule has 1 N–H and O–H groups in total. The van der Waals surface area contributed by atoms with Crippen LogP contribution in [0.1, 0.15) is 18.1 Å². The van der Waals surface area contributed by atoms with Gasteiger partial charge in [-0.3, -0.25) is 14.9 Å². The molecule has 0 saturated carbocycles. The Labute approximate surface area is 122 Å². The zero-order chi connectivity index (χ0) is 15.6. The van der Waals surface area contributed by atoms with Gasteiger partial charge in [0.2, 0.25) is 21.8 Å². The first-order chi connectivity index (χ1) is 9.83. The van der Waals surface area contributed by atoms with Crippen molar-refractivity contribution in [2.75, 3.05) is 6.54 Å². The molecule has 1 unspecified atom stereocenters. The van der Waals surface area contributed by atoms with Crippen molar-refractivity contribution in [2.45, 2.75) is 18.7 Å². The first kappa shape index (κ1) is 15.2. The summed E-state index contributed by atoms with van der Waals surface area (Å²) in [5.74, 6) is -1.65. The fourth-order valence-electron chi connectivity index (χ4n) is 2.05. The number of imide groups is 1. The molecule has 1 atom stereocenters. The Kier molecular flexibility index (Phi) is 4.06. The lowest BCUT2D eigenvalue weighted by molar-refractivity contribution is -0.136. The van der Waals surface area contributed by atoms with Gasteiger partial charge in [0.1, 0.15) is 6.04 Å². The quantitative estimate of drug-likeness (QED) is 0.774. The number of nitriles is 1. The van der Waals surface area contributed by atoms with Crippen LogP contribution in [0.2, 0.25) is 0 Å². The molecular weight excluding hydrogens is 294 g/mol. The monoisotopic (exact) mass is 307 g/mol. The van der Waals surface area contributed by atoms with Gasteiger partial charge in [-0.15, -0.1) is 0 Å². The molecule has 1 aromatic rings. The van der Waals surface area contributed by atoms with Crippen LogP contribution < -0.4 is 5.32 Å². The summed E-state index contributed by atoms with van der Waals surface area (Å²) in [7, 11) is -3.83. The minimum absolute atomic E-state index is 0.350. The summed E-state index contributed by atoms with van der Waals surface area (Å²) in [5.41, 5.74) is 0.780. The second-order valence-electron chi connectivity index (χ2n) is 4.70. The molecule has 1 fully saturated rings. The van der Waals surface area contributed by atoms with E-state index >= 15 is 0 Å². The van der Waals surface area contributed by atoms with Crippen LogP contribution in [-0.2, 0) is 25.4 Å². The molecule has 0 aromatic heterocycles. The van der Waals surface area contributed by atoms with Crippen molar-refractivity contribution in [3.8, 4) is 6.07 Å². The molecule has 1 heterocycles. The van der Waals surface area contributed by atoms with Crippen molar-refractivity contribution >= 4 is 21.8 Å². The Balaban J connectivity index is 2.27. The number of carbonyl (C=O) groups excluding carboxylic acids is 2. The smallest absolute Gasteiger partial charge is 0.244 e. The van der Waals surface area contributed by atoms with E-state index in [4.69, 9.17) is 5.26 Å². The molecule has 1 aliphatic heterocycles. The summed E-state index contributed by atoms with van der Waals surface area (Å²) >= 11 is 0. The maximum Gasteiger partial charge on any atom is 0.244 e. The van der Waals surface area contributed by atoms with Crippen LogP contribution >= 0.6 is 0 Å². The van der Waals surface area contributed by atoms with Crippen molar-refractivity contribution in [1.29, 1.82) is 5.26 Å². The Bertz CT molecular complexity index is 736. The van der Waals surface area contributed by atoms with E-state index in [2.05, 4.69) is 5.32 Å². The minimum atomic E-state index is -3.83. The van der Waals surface area contributed by atoms with E-state index in [1.165, 1.54) is 13.0 Å². The number of piperazine rings is 1. The third kappa shape index (κ3) is 3.26. The lowest BCUT2D eigenvalue weighted by atomic mass is 10.2. The van der Waals surface area contributed by atoms with Crippen LogP contribution in [-0.4, -0.2) is 37.1 Å². The predicted octanol–water partition coefficient (Wildman–Crippen LogP) is -0.265. The molecule has 21 heavy (non-hydrogen) atoms. The van der Waals surface area contributed by atoms with Crippen LogP contribution in [0.4, 0.5) is 0 Å². The van der Waals surface area contributed by atoms with Gasteiger partial charge in [-0.05, 0) is 24.6 Å². The number of sulfonamides is 1. The fraction of sp³-hybridized carbons (Fsp3) is 0.308. The number of carbonyl (C=O) groups is 2. The Morgan fingerprint density at radius 2 is 2.14 bits per heavy atom. The molecule has 0 spiro atoms. The number of amides is 2. The van der Waals surface area contributed by atoms with Gasteiger partial charge in [0, 0.05) is 0 Å². The molecular formula is C13H13N3O4S. The highest BCUT2D eigenvalue weighted by molar-refractivity contribution is 7.88. The maximum absolute atomic E-state index is 12.4. The van der Waals surface area contributed by atoms with E-state index in [-0.39, 0.29) is 12.3 Å². The summed E-state index contributed by atoms with van der Waals surface area (Å²) in [6.45, 7) is 1.04. The number of hydrogen-bond acceptors (Lipinski definition) is 5. The van der Waals surface area contributed by atoms with Gasteiger partial charge in [-0.1, -0.05) is 12.1 Å². The van der Waals surface area contributed by atoms with Crippen molar-refractivity contribution in [3.63, 3.8) is 0 Å². The van der Waals surface area contributed by atoms with Gasteiger partial charge in [0.05, 0.1) is 23.9 Å². The van der Waals surface area contributed by atoms with Gasteiger partial charge in [-0.25, -0.2) is 8.42 Å². The normalized spacial score (nSPS) is 19.9. The van der Waals surface area contributed by atoms with Crippen molar-refractivity contribution in [2.24, 2.45) is 0 Å². The highest BCUT2D eigenvalue weighted by Crippen LogP contribution is 2.17. The molecule has 0 bridgehead atoms. The van der Waals surface area contributed by atoms with E-state index < -0.39 is 27.9 Å². The third-order valence-corrected chi connectivity index (χ3v) is 4.99. The van der Waals surface area contributed by atoms with Gasteiger partial charge in [0.15, 0.2) is 0 Å². The molecule has 1 aliphatic rings. The Morgan fingerprint density at radius 1 is 1.43 bits per heavy atom. The van der Waals surface area contributed by atoms with Gasteiger partial charge < -0.3 is 0 Å². The summed E-state index contributed by atoms with van der Waals surface area (Å²) in [5, 5.41) is 10.9. The zero-order valence-electron chi connectivity index (χ0n) is 11.2. The van der Waals surface area contributed by atoms with Crippen LogP contribution in [0.5, 0.6) is 0 Å². The second-order valence-corrected chi connectivity index (χ2v) is 6.62. The van der Waals surface area contributed by atoms with Gasteiger partial charge in [-0.2, -0.15) is 9.57 Å². The SMILES string of the molecule is CC1C(=O)NC(=O)CN1S(=O)(=O)Cc1cccc(C#N)c1. The first-order valence-corrected chi connectivity index (χ1v) is 7.76. The third-order valence-electron chi connectivity index (χ3n) is 3.14. The fourth-order valence-corrected chi connectivity index (χ4v) is 3.71. The van der Waals surface area contributed by atoms with Crippen LogP contribution in [0.3, 0.4) is 0 Å². The highest BCUT2D eigenvalue weighted by Gasteiger charge is 2.37. The molecule has 7 nitrogen and oxygen atoms in total. The van der Waals surface area contributed by atoms with Gasteiger partial charge in [0.25, 0.3) is 0 Å². The number of nitrogens with one attached hydrogen (secondary N) is 1. The topological polar surface area (TPSA) is 107 Å². The van der Waals surface area contributed by atoms with E-state index in [0.717, 1.165) is 4.31 Å². The van der Waals surface area contributed by atoms with E-state index in [1.54, 1.807) is 18.2 Å². The molecule has 1 aromatic carbocycles. The van der Waals surface area contributed by atoms with Crippen LogP contribution in [0.25, 0.3) is 0 Å². The summed E-state index contributed by atoms with van der Waals surface area (Å²) < 4.78 is 25.6. The second kappa shape index (κ2) is 5.63. The Hall–Kier alpha value is -2.24. The number of hydrogen-bond donors (Lipinski definition) is 1. The largest absolute Gasteiger partial charge is 0.294 e. The van der Waals surface area contributed by atoms with Crippen molar-refractivity contribution < 1.29 is 18.0 Å². The molecule has 2 rings (SSSR count). The van der Waals surface area contributed by atoms with Gasteiger partial charge >= 0.3 is 0 Å². The lowest BCUT2D eigenvalue weighted by Gasteiger charge is -2.30. The van der Waals surface area contributed by atoms with E-state index in [1.807, 2.05) is 6.07 Å². The molecule has 8 heteroatoms. The summed E-state index contributed by atoms with van der Waals surface area (Å²) in [6.07, 6.45) is 0. The maximum atomic E-state index is 12.4.